The molecule has 0 saturated carbocycles. The molecule has 0 spiro atoms. The Labute approximate surface area is 151 Å². The zero-order chi connectivity index (χ0) is 18.5. The Morgan fingerprint density at radius 2 is 2.04 bits per heavy atom. The molecule has 7 nitrogen and oxygen atoms in total. The first kappa shape index (κ1) is 17.6. The summed E-state index contributed by atoms with van der Waals surface area (Å²) in [6.45, 7) is 2.34. The van der Waals surface area contributed by atoms with E-state index < -0.39 is 17.7 Å². The first-order valence-corrected chi connectivity index (χ1v) is 8.49. The SMILES string of the molecule is CCc1cccc(N2C[C@@H](C(=O)NNC(=O)c3ccccn3)CC2=O)c1. The zero-order valence-electron chi connectivity index (χ0n) is 14.4. The molecule has 0 radical (unpaired) electrons. The number of aryl methyl sites for hydroxylation is 1. The summed E-state index contributed by atoms with van der Waals surface area (Å²) in [6, 6.07) is 12.6. The van der Waals surface area contributed by atoms with E-state index in [2.05, 4.69) is 15.8 Å². The van der Waals surface area contributed by atoms with Crippen molar-refractivity contribution in [3.05, 3.63) is 59.9 Å². The van der Waals surface area contributed by atoms with Crippen LogP contribution in [0.15, 0.2) is 48.7 Å². The van der Waals surface area contributed by atoms with Crippen molar-refractivity contribution in [2.24, 2.45) is 5.92 Å². The number of carbonyl (C=O) groups is 3. The number of rotatable bonds is 4. The van der Waals surface area contributed by atoms with Crippen molar-refractivity contribution in [1.82, 2.24) is 15.8 Å². The van der Waals surface area contributed by atoms with Crippen LogP contribution in [0, 0.1) is 5.92 Å². The van der Waals surface area contributed by atoms with E-state index in [1.165, 1.54) is 6.20 Å². The maximum atomic E-state index is 12.3. The van der Waals surface area contributed by atoms with Gasteiger partial charge in [0.25, 0.3) is 5.91 Å². The molecule has 0 bridgehead atoms. The summed E-state index contributed by atoms with van der Waals surface area (Å²) in [5.41, 5.74) is 6.84. The zero-order valence-corrected chi connectivity index (χ0v) is 14.4. The van der Waals surface area contributed by atoms with Crippen molar-refractivity contribution in [2.75, 3.05) is 11.4 Å². The highest BCUT2D eigenvalue weighted by atomic mass is 16.2. The van der Waals surface area contributed by atoms with Crippen LogP contribution in [0.4, 0.5) is 5.69 Å². The van der Waals surface area contributed by atoms with Gasteiger partial charge in [-0.15, -0.1) is 0 Å². The molecule has 1 aliphatic rings. The Hall–Kier alpha value is -3.22. The highest BCUT2D eigenvalue weighted by Gasteiger charge is 2.35. The van der Waals surface area contributed by atoms with Gasteiger partial charge in [0.15, 0.2) is 0 Å². The van der Waals surface area contributed by atoms with E-state index in [0.29, 0.717) is 0 Å². The number of nitrogens with zero attached hydrogens (tertiary/aromatic N) is 2. The fourth-order valence-corrected chi connectivity index (χ4v) is 2.86. The van der Waals surface area contributed by atoms with E-state index in [-0.39, 0.29) is 24.6 Å². The number of pyridine rings is 1. The molecule has 1 fully saturated rings. The van der Waals surface area contributed by atoms with Gasteiger partial charge < -0.3 is 4.90 Å². The van der Waals surface area contributed by atoms with Gasteiger partial charge in [-0.25, -0.2) is 0 Å². The minimum absolute atomic E-state index is 0.102. The van der Waals surface area contributed by atoms with Crippen LogP contribution in [-0.2, 0) is 16.0 Å². The van der Waals surface area contributed by atoms with Crippen LogP contribution in [0.2, 0.25) is 0 Å². The predicted octanol–water partition coefficient (Wildman–Crippen LogP) is 1.46. The summed E-state index contributed by atoms with van der Waals surface area (Å²) >= 11 is 0. The summed E-state index contributed by atoms with van der Waals surface area (Å²) < 4.78 is 0. The third kappa shape index (κ3) is 3.88. The number of carbonyl (C=O) groups excluding carboxylic acids is 3. The molecule has 2 heterocycles. The molecule has 0 unspecified atom stereocenters. The van der Waals surface area contributed by atoms with Gasteiger partial charge in [-0.1, -0.05) is 25.1 Å². The van der Waals surface area contributed by atoms with E-state index >= 15 is 0 Å². The largest absolute Gasteiger partial charge is 0.312 e. The monoisotopic (exact) mass is 352 g/mol. The lowest BCUT2D eigenvalue weighted by Gasteiger charge is -2.17. The summed E-state index contributed by atoms with van der Waals surface area (Å²) in [4.78, 5) is 42.0. The standard InChI is InChI=1S/C19H20N4O3/c1-2-13-6-5-7-15(10-13)23-12-14(11-17(23)24)18(25)21-22-19(26)16-8-3-4-9-20-16/h3-10,14H,2,11-12H2,1H3,(H,21,25)(H,22,26)/t14-/m0/s1. The van der Waals surface area contributed by atoms with Gasteiger partial charge in [-0.3, -0.25) is 30.2 Å². The second-order valence-electron chi connectivity index (χ2n) is 6.09. The van der Waals surface area contributed by atoms with Gasteiger partial charge in [-0.05, 0) is 36.2 Å². The van der Waals surface area contributed by atoms with Crippen molar-refractivity contribution < 1.29 is 14.4 Å². The van der Waals surface area contributed by atoms with Crippen molar-refractivity contribution in [3.63, 3.8) is 0 Å². The molecule has 2 N–H and O–H groups in total. The van der Waals surface area contributed by atoms with E-state index in [4.69, 9.17) is 0 Å². The number of anilines is 1. The third-order valence-corrected chi connectivity index (χ3v) is 4.32. The number of hydrazine groups is 1. The minimum atomic E-state index is -0.517. The summed E-state index contributed by atoms with van der Waals surface area (Å²) in [7, 11) is 0. The molecule has 1 saturated heterocycles. The molecule has 3 rings (SSSR count). The highest BCUT2D eigenvalue weighted by Crippen LogP contribution is 2.26. The Balaban J connectivity index is 1.59. The molecule has 2 aromatic rings. The molecular formula is C19H20N4O3. The van der Waals surface area contributed by atoms with Gasteiger partial charge in [-0.2, -0.15) is 0 Å². The second kappa shape index (κ2) is 7.77. The fraction of sp³-hybridized carbons (Fsp3) is 0.263. The van der Waals surface area contributed by atoms with Gasteiger partial charge in [0, 0.05) is 24.8 Å². The van der Waals surface area contributed by atoms with Crippen LogP contribution in [0.5, 0.6) is 0 Å². The van der Waals surface area contributed by atoms with Crippen molar-refractivity contribution >= 4 is 23.4 Å². The molecule has 0 aliphatic carbocycles. The summed E-state index contributed by atoms with van der Waals surface area (Å²) in [5.74, 6) is -1.51. The van der Waals surface area contributed by atoms with Crippen molar-refractivity contribution in [3.8, 4) is 0 Å². The lowest BCUT2D eigenvalue weighted by Crippen LogP contribution is -2.45. The molecule has 1 aromatic carbocycles. The van der Waals surface area contributed by atoms with Gasteiger partial charge in [0.2, 0.25) is 11.8 Å². The Kier molecular flexibility index (Phi) is 5.26. The van der Waals surface area contributed by atoms with Crippen molar-refractivity contribution in [1.29, 1.82) is 0 Å². The molecule has 134 valence electrons. The van der Waals surface area contributed by atoms with Crippen LogP contribution in [0.1, 0.15) is 29.4 Å². The van der Waals surface area contributed by atoms with Crippen LogP contribution < -0.4 is 15.8 Å². The number of hydrogen-bond acceptors (Lipinski definition) is 4. The van der Waals surface area contributed by atoms with Crippen LogP contribution in [0.3, 0.4) is 0 Å². The lowest BCUT2D eigenvalue weighted by atomic mass is 10.1. The molecule has 26 heavy (non-hydrogen) atoms. The predicted molar refractivity (Wildman–Crippen MR) is 96.1 cm³/mol. The van der Waals surface area contributed by atoms with E-state index in [0.717, 1.165) is 17.7 Å². The maximum absolute atomic E-state index is 12.3. The number of aromatic nitrogens is 1. The van der Waals surface area contributed by atoms with Crippen molar-refractivity contribution in [2.45, 2.75) is 19.8 Å². The molecule has 7 heteroatoms. The molecular weight excluding hydrogens is 332 g/mol. The molecule has 3 amide bonds. The normalized spacial score (nSPS) is 16.4. The summed E-state index contributed by atoms with van der Waals surface area (Å²) in [6.07, 6.45) is 2.48. The quantitative estimate of drug-likeness (QED) is 0.815. The van der Waals surface area contributed by atoms with Crippen LogP contribution >= 0.6 is 0 Å². The lowest BCUT2D eigenvalue weighted by molar-refractivity contribution is -0.126. The average Bonchev–Trinajstić information content (AvgIpc) is 3.08. The summed E-state index contributed by atoms with van der Waals surface area (Å²) in [5, 5.41) is 0. The maximum Gasteiger partial charge on any atom is 0.288 e. The highest BCUT2D eigenvalue weighted by molar-refractivity contribution is 6.01. The van der Waals surface area contributed by atoms with Crippen LogP contribution in [0.25, 0.3) is 0 Å². The van der Waals surface area contributed by atoms with Gasteiger partial charge >= 0.3 is 0 Å². The van der Waals surface area contributed by atoms with E-state index in [9.17, 15) is 14.4 Å². The second-order valence-corrected chi connectivity index (χ2v) is 6.09. The molecule has 1 aromatic heterocycles. The minimum Gasteiger partial charge on any atom is -0.312 e. The number of hydrogen-bond donors (Lipinski definition) is 2. The molecule has 1 aliphatic heterocycles. The Morgan fingerprint density at radius 1 is 1.19 bits per heavy atom. The number of benzene rings is 1. The number of amides is 3. The van der Waals surface area contributed by atoms with E-state index in [1.54, 1.807) is 23.1 Å². The van der Waals surface area contributed by atoms with E-state index in [1.807, 2.05) is 31.2 Å². The number of nitrogens with one attached hydrogen (secondary N) is 2. The first-order valence-electron chi connectivity index (χ1n) is 8.49. The van der Waals surface area contributed by atoms with Gasteiger partial charge in [0.1, 0.15) is 5.69 Å². The van der Waals surface area contributed by atoms with Gasteiger partial charge in [0.05, 0.1) is 5.92 Å². The molecule has 1 atom stereocenters. The Bertz CT molecular complexity index is 823. The third-order valence-electron chi connectivity index (χ3n) is 4.32. The fourth-order valence-electron chi connectivity index (χ4n) is 2.86. The van der Waals surface area contributed by atoms with Crippen LogP contribution in [-0.4, -0.2) is 29.3 Å². The topological polar surface area (TPSA) is 91.4 Å². The average molecular weight is 352 g/mol. The Morgan fingerprint density at radius 3 is 2.77 bits per heavy atom. The first-order chi connectivity index (χ1) is 12.6. The smallest absolute Gasteiger partial charge is 0.288 e.